The molecular weight excluding hydrogens is 428 g/mol. The molecule has 2 heterocycles. The van der Waals surface area contributed by atoms with Crippen LogP contribution in [-0.4, -0.2) is 41.5 Å². The Hall–Kier alpha value is -0.960. The van der Waals surface area contributed by atoms with E-state index in [1.54, 1.807) is 4.90 Å². The first-order valence-electron chi connectivity index (χ1n) is 8.18. The van der Waals surface area contributed by atoms with E-state index in [0.29, 0.717) is 19.0 Å². The Balaban J connectivity index is 0.00000338. The number of rotatable bonds is 5. The van der Waals surface area contributed by atoms with Crippen LogP contribution in [0.1, 0.15) is 31.7 Å². The van der Waals surface area contributed by atoms with E-state index >= 15 is 0 Å². The SMILES string of the molecule is CC(N)C1CCN(C(=O)CCNc2ncc(C(F)(F)F)cc2Cl)CC1.Cl.Cl. The van der Waals surface area contributed by atoms with Gasteiger partial charge in [-0.05, 0) is 31.7 Å². The summed E-state index contributed by atoms with van der Waals surface area (Å²) in [5.41, 5.74) is 4.98. The third-order valence-corrected chi connectivity index (χ3v) is 4.72. The summed E-state index contributed by atoms with van der Waals surface area (Å²) in [5.74, 6) is 0.578. The highest BCUT2D eigenvalue weighted by molar-refractivity contribution is 6.32. The smallest absolute Gasteiger partial charge is 0.368 e. The van der Waals surface area contributed by atoms with E-state index in [9.17, 15) is 18.0 Å². The molecule has 1 aliphatic rings. The zero-order chi connectivity index (χ0) is 18.6. The molecule has 0 aromatic carbocycles. The number of nitrogens with two attached hydrogens (primary N) is 1. The topological polar surface area (TPSA) is 71.2 Å². The Kier molecular flexibility index (Phi) is 10.7. The van der Waals surface area contributed by atoms with E-state index in [4.69, 9.17) is 17.3 Å². The maximum atomic E-state index is 12.6. The molecule has 3 N–H and O–H groups in total. The highest BCUT2D eigenvalue weighted by atomic mass is 35.5. The summed E-state index contributed by atoms with van der Waals surface area (Å²) in [6, 6.07) is 0.948. The first-order valence-corrected chi connectivity index (χ1v) is 8.56. The summed E-state index contributed by atoms with van der Waals surface area (Å²) in [6.45, 7) is 3.60. The van der Waals surface area contributed by atoms with Crippen LogP contribution < -0.4 is 11.1 Å². The number of pyridine rings is 1. The van der Waals surface area contributed by atoms with Gasteiger partial charge in [0.05, 0.1) is 10.6 Å². The first-order chi connectivity index (χ1) is 11.7. The third-order valence-electron chi connectivity index (χ3n) is 4.44. The molecule has 0 saturated carbocycles. The molecule has 0 bridgehead atoms. The summed E-state index contributed by atoms with van der Waals surface area (Å²) in [6.07, 6.45) is -1.76. The van der Waals surface area contributed by atoms with Crippen molar-refractivity contribution in [1.82, 2.24) is 9.88 Å². The first kappa shape index (κ1) is 26.0. The molecule has 11 heteroatoms. The Morgan fingerprint density at radius 3 is 2.48 bits per heavy atom. The number of aromatic nitrogens is 1. The van der Waals surface area contributed by atoms with Crippen molar-refractivity contribution in [3.05, 3.63) is 22.8 Å². The minimum absolute atomic E-state index is 0. The van der Waals surface area contributed by atoms with E-state index in [1.165, 1.54) is 0 Å². The zero-order valence-corrected chi connectivity index (χ0v) is 17.1. The number of hydrogen-bond donors (Lipinski definition) is 2. The zero-order valence-electron chi connectivity index (χ0n) is 14.8. The van der Waals surface area contributed by atoms with Gasteiger partial charge in [-0.25, -0.2) is 4.98 Å². The number of piperidine rings is 1. The Morgan fingerprint density at radius 1 is 1.41 bits per heavy atom. The van der Waals surface area contributed by atoms with E-state index in [2.05, 4.69) is 10.3 Å². The summed E-state index contributed by atoms with van der Waals surface area (Å²) in [5, 5.41) is 2.69. The molecule has 1 saturated heterocycles. The van der Waals surface area contributed by atoms with Gasteiger partial charge >= 0.3 is 6.18 Å². The molecular formula is C16H24Cl3F3N4O. The van der Waals surface area contributed by atoms with Gasteiger partial charge in [0.25, 0.3) is 0 Å². The summed E-state index contributed by atoms with van der Waals surface area (Å²) >= 11 is 5.81. The molecule has 0 radical (unpaired) electrons. The molecule has 1 amide bonds. The molecule has 1 unspecified atom stereocenters. The Bertz CT molecular complexity index is 609. The number of hydrogen-bond acceptors (Lipinski definition) is 4. The second-order valence-electron chi connectivity index (χ2n) is 6.31. The number of nitrogens with zero attached hydrogens (tertiary/aromatic N) is 2. The summed E-state index contributed by atoms with van der Waals surface area (Å²) in [4.78, 5) is 17.7. The molecule has 5 nitrogen and oxygen atoms in total. The summed E-state index contributed by atoms with van der Waals surface area (Å²) in [7, 11) is 0. The number of alkyl halides is 3. The molecule has 1 aliphatic heterocycles. The van der Waals surface area contributed by atoms with E-state index in [1.807, 2.05) is 6.92 Å². The van der Waals surface area contributed by atoms with Crippen LogP contribution in [0.2, 0.25) is 5.02 Å². The van der Waals surface area contributed by atoms with Crippen molar-refractivity contribution in [2.24, 2.45) is 11.7 Å². The fourth-order valence-electron chi connectivity index (χ4n) is 2.84. The second kappa shape index (κ2) is 11.1. The van der Waals surface area contributed by atoms with Gasteiger partial charge in [-0.2, -0.15) is 13.2 Å². The van der Waals surface area contributed by atoms with Crippen molar-refractivity contribution in [2.45, 2.75) is 38.4 Å². The van der Waals surface area contributed by atoms with Crippen LogP contribution in [0.3, 0.4) is 0 Å². The summed E-state index contributed by atoms with van der Waals surface area (Å²) < 4.78 is 37.7. The van der Waals surface area contributed by atoms with Gasteiger partial charge in [0.1, 0.15) is 5.82 Å². The van der Waals surface area contributed by atoms with Gasteiger partial charge in [0.15, 0.2) is 0 Å². The number of carbonyl (C=O) groups excluding carboxylic acids is 1. The molecule has 156 valence electrons. The molecule has 1 aromatic heterocycles. The van der Waals surface area contributed by atoms with Gasteiger partial charge in [0, 0.05) is 38.3 Å². The Labute approximate surface area is 174 Å². The molecule has 1 aromatic rings. The maximum absolute atomic E-state index is 12.6. The van der Waals surface area contributed by atoms with Crippen molar-refractivity contribution >= 4 is 48.1 Å². The molecule has 0 spiro atoms. The van der Waals surface area contributed by atoms with Crippen molar-refractivity contribution < 1.29 is 18.0 Å². The fourth-order valence-corrected chi connectivity index (χ4v) is 3.08. The maximum Gasteiger partial charge on any atom is 0.417 e. The molecule has 1 atom stereocenters. The molecule has 1 fully saturated rings. The predicted molar refractivity (Wildman–Crippen MR) is 105 cm³/mol. The Morgan fingerprint density at radius 2 is 2.00 bits per heavy atom. The van der Waals surface area contributed by atoms with E-state index in [-0.39, 0.29) is 60.6 Å². The molecule has 27 heavy (non-hydrogen) atoms. The highest BCUT2D eigenvalue weighted by Crippen LogP contribution is 2.32. The van der Waals surface area contributed by atoms with Crippen molar-refractivity contribution in [2.75, 3.05) is 25.0 Å². The van der Waals surface area contributed by atoms with Gasteiger partial charge in [-0.3, -0.25) is 4.79 Å². The van der Waals surface area contributed by atoms with Gasteiger partial charge in [-0.15, -0.1) is 24.8 Å². The standard InChI is InChI=1S/C16H22ClF3N4O.2ClH/c1-10(21)11-3-6-24(7-4-11)14(25)2-5-22-15-13(17)8-12(9-23-15)16(18,19)20;;/h8-11H,2-7,21H2,1H3,(H,22,23);2*1H. The van der Waals surface area contributed by atoms with E-state index < -0.39 is 11.7 Å². The highest BCUT2D eigenvalue weighted by Gasteiger charge is 2.31. The normalized spacial score (nSPS) is 16.1. The lowest BCUT2D eigenvalue weighted by Crippen LogP contribution is -2.42. The van der Waals surface area contributed by atoms with Crippen molar-refractivity contribution in [1.29, 1.82) is 0 Å². The van der Waals surface area contributed by atoms with Crippen molar-refractivity contribution in [3.8, 4) is 0 Å². The number of nitrogens with one attached hydrogen (secondary N) is 1. The second-order valence-corrected chi connectivity index (χ2v) is 6.71. The van der Waals surface area contributed by atoms with Crippen LogP contribution in [-0.2, 0) is 11.0 Å². The number of carbonyl (C=O) groups is 1. The lowest BCUT2D eigenvalue weighted by Gasteiger charge is -2.33. The number of anilines is 1. The monoisotopic (exact) mass is 450 g/mol. The predicted octanol–water partition coefficient (Wildman–Crippen LogP) is 3.99. The number of likely N-dealkylation sites (tertiary alicyclic amines) is 1. The van der Waals surface area contributed by atoms with Crippen LogP contribution in [0.4, 0.5) is 19.0 Å². The van der Waals surface area contributed by atoms with Gasteiger partial charge in [-0.1, -0.05) is 11.6 Å². The lowest BCUT2D eigenvalue weighted by molar-refractivity contribution is -0.137. The van der Waals surface area contributed by atoms with Crippen molar-refractivity contribution in [3.63, 3.8) is 0 Å². The minimum Gasteiger partial charge on any atom is -0.368 e. The fraction of sp³-hybridized carbons (Fsp3) is 0.625. The van der Waals surface area contributed by atoms with Crippen LogP contribution in [0.25, 0.3) is 0 Å². The number of halogens is 6. The van der Waals surface area contributed by atoms with Gasteiger partial charge in [0.2, 0.25) is 5.91 Å². The molecule has 0 aliphatic carbocycles. The van der Waals surface area contributed by atoms with E-state index in [0.717, 1.165) is 25.1 Å². The van der Waals surface area contributed by atoms with Crippen LogP contribution in [0, 0.1) is 5.92 Å². The van der Waals surface area contributed by atoms with Crippen LogP contribution in [0.5, 0.6) is 0 Å². The largest absolute Gasteiger partial charge is 0.417 e. The van der Waals surface area contributed by atoms with Crippen LogP contribution >= 0.6 is 36.4 Å². The van der Waals surface area contributed by atoms with Crippen LogP contribution in [0.15, 0.2) is 12.3 Å². The van der Waals surface area contributed by atoms with Gasteiger partial charge < -0.3 is 16.0 Å². The third kappa shape index (κ3) is 7.52. The average molecular weight is 452 g/mol. The lowest BCUT2D eigenvalue weighted by atomic mass is 9.91. The average Bonchev–Trinajstić information content (AvgIpc) is 2.55. The quantitative estimate of drug-likeness (QED) is 0.710. The molecule has 2 rings (SSSR count). The minimum atomic E-state index is -4.49. The number of amides is 1.